The molecule has 0 saturated carbocycles. The maximum Gasteiger partial charge on any atom is 0.0992 e. The van der Waals surface area contributed by atoms with Crippen LogP contribution in [0.3, 0.4) is 0 Å². The van der Waals surface area contributed by atoms with Crippen molar-refractivity contribution < 1.29 is 0 Å². The quantitative estimate of drug-likeness (QED) is 0.181. The van der Waals surface area contributed by atoms with E-state index in [1.165, 1.54) is 0 Å². The van der Waals surface area contributed by atoms with E-state index in [4.69, 9.17) is 0 Å². The topological polar surface area (TPSA) is 86.2 Å². The Morgan fingerprint density at radius 2 is 0.754 bits per heavy atom. The smallest absolute Gasteiger partial charge is 0.0992 e. The highest BCUT2D eigenvalue weighted by molar-refractivity contribution is 6.15. The molecule has 0 radical (unpaired) electrons. The number of benzene rings is 8. The normalized spacial score (nSPS) is 11.5. The molecule has 0 saturated heterocycles. The number of fused-ring (bicyclic) bond motifs is 9. The summed E-state index contributed by atoms with van der Waals surface area (Å²) < 4.78 is 6.76. The highest BCUT2D eigenvalue weighted by atomic mass is 15.1. The summed E-state index contributed by atoms with van der Waals surface area (Å²) in [5.41, 5.74) is 12.1. The lowest BCUT2D eigenvalue weighted by atomic mass is 9.99. The molecule has 262 valence electrons. The van der Waals surface area contributed by atoms with E-state index in [-0.39, 0.29) is 0 Å². The van der Waals surface area contributed by atoms with Gasteiger partial charge in [-0.1, -0.05) is 84.9 Å². The summed E-state index contributed by atoms with van der Waals surface area (Å²) in [7, 11) is 0. The summed E-state index contributed by atoms with van der Waals surface area (Å²) >= 11 is 0. The maximum absolute atomic E-state index is 10.5. The van der Waals surface area contributed by atoms with Crippen molar-refractivity contribution in [2.45, 2.75) is 0 Å². The van der Waals surface area contributed by atoms with Gasteiger partial charge in [0.05, 0.1) is 73.7 Å². The van der Waals surface area contributed by atoms with Gasteiger partial charge in [-0.05, 0) is 96.1 Å². The average Bonchev–Trinajstić information content (AvgIpc) is 3.91. The Kier molecular flexibility index (Phi) is 6.95. The van der Waals surface area contributed by atoms with Gasteiger partial charge in [0.15, 0.2) is 0 Å². The summed E-state index contributed by atoms with van der Waals surface area (Å²) in [6, 6.07) is 64.7. The van der Waals surface area contributed by atoms with Crippen LogP contribution in [0.5, 0.6) is 0 Å². The van der Waals surface area contributed by atoms with Crippen molar-refractivity contribution in [3.05, 3.63) is 187 Å². The second kappa shape index (κ2) is 12.3. The highest BCUT2D eigenvalue weighted by Gasteiger charge is 2.21. The van der Waals surface area contributed by atoms with E-state index in [1.54, 1.807) is 0 Å². The van der Waals surface area contributed by atoms with E-state index in [9.17, 15) is 15.8 Å². The van der Waals surface area contributed by atoms with Gasteiger partial charge in [0.2, 0.25) is 0 Å². The molecule has 0 unspecified atom stereocenters. The third-order valence-electron chi connectivity index (χ3n) is 11.2. The molecule has 6 nitrogen and oxygen atoms in total. The second-order valence-electron chi connectivity index (χ2n) is 14.4. The predicted molar refractivity (Wildman–Crippen MR) is 229 cm³/mol. The van der Waals surface area contributed by atoms with Crippen molar-refractivity contribution >= 4 is 65.4 Å². The second-order valence-corrected chi connectivity index (χ2v) is 14.4. The van der Waals surface area contributed by atoms with Crippen molar-refractivity contribution in [3.8, 4) is 46.4 Å². The van der Waals surface area contributed by atoms with Crippen LogP contribution in [-0.2, 0) is 0 Å². The first-order valence-corrected chi connectivity index (χ1v) is 18.7. The van der Waals surface area contributed by atoms with Crippen molar-refractivity contribution in [2.75, 3.05) is 0 Å². The van der Waals surface area contributed by atoms with Crippen LogP contribution in [0.4, 0.5) is 0 Å². The number of para-hydroxylation sites is 5. The maximum atomic E-state index is 10.5. The monoisotopic (exact) mass is 724 g/mol. The van der Waals surface area contributed by atoms with E-state index >= 15 is 0 Å². The zero-order valence-electron chi connectivity index (χ0n) is 30.3. The van der Waals surface area contributed by atoms with Crippen molar-refractivity contribution in [2.24, 2.45) is 0 Å². The van der Waals surface area contributed by atoms with Crippen LogP contribution in [0.2, 0.25) is 0 Å². The van der Waals surface area contributed by atoms with Gasteiger partial charge in [0.25, 0.3) is 0 Å². The van der Waals surface area contributed by atoms with E-state index < -0.39 is 0 Å². The Bertz CT molecular complexity index is 3580. The van der Waals surface area contributed by atoms with Crippen LogP contribution in [0, 0.1) is 34.0 Å². The van der Waals surface area contributed by atoms with Gasteiger partial charge in [0, 0.05) is 43.7 Å². The minimum Gasteiger partial charge on any atom is -0.309 e. The molecule has 0 aliphatic heterocycles. The molecule has 11 rings (SSSR count). The Hall–Kier alpha value is -8.37. The molecule has 0 amide bonds. The number of nitriles is 3. The molecular formula is C51H28N6. The molecular weight excluding hydrogens is 697 g/mol. The van der Waals surface area contributed by atoms with E-state index in [0.29, 0.717) is 16.7 Å². The standard InChI is InChI=1S/C51H28N6/c52-29-32-20-21-49-44(26-32)42-13-4-8-18-48(42)57(49)50-19-9-14-43-41-12-3-7-17-47(41)56(51(43)50)38-25-34(31-54)23-36(28-38)35-22-33(30-53)24-37(27-35)55-45-15-5-1-10-39(45)40-11-2-6-16-46(40)55/h1-28H. The SMILES string of the molecule is N#Cc1cc(-c2cc(C#N)cc(-n3c4ccccc4c4cccc(-n5c6ccccc6c6cc(C#N)ccc65)c43)c2)cc(-n2c3ccccc3c3ccccc32)c1. The summed E-state index contributed by atoms with van der Waals surface area (Å²) in [6.07, 6.45) is 0. The van der Waals surface area contributed by atoms with E-state index in [2.05, 4.69) is 129 Å². The number of hydrogen-bond donors (Lipinski definition) is 0. The highest BCUT2D eigenvalue weighted by Crippen LogP contribution is 2.41. The molecule has 3 heterocycles. The van der Waals surface area contributed by atoms with Gasteiger partial charge in [0.1, 0.15) is 0 Å². The Balaban J connectivity index is 1.19. The van der Waals surface area contributed by atoms with Gasteiger partial charge >= 0.3 is 0 Å². The zero-order chi connectivity index (χ0) is 38.2. The van der Waals surface area contributed by atoms with E-state index in [1.807, 2.05) is 72.8 Å². The fourth-order valence-electron chi connectivity index (χ4n) is 8.89. The first-order chi connectivity index (χ1) is 28.1. The Morgan fingerprint density at radius 1 is 0.316 bits per heavy atom. The average molecular weight is 725 g/mol. The summed E-state index contributed by atoms with van der Waals surface area (Å²) in [5.74, 6) is 0. The summed E-state index contributed by atoms with van der Waals surface area (Å²) in [6.45, 7) is 0. The molecule has 0 spiro atoms. The molecule has 11 aromatic rings. The molecule has 3 aromatic heterocycles. The molecule has 0 aliphatic rings. The number of nitrogens with zero attached hydrogens (tertiary/aromatic N) is 6. The lowest BCUT2D eigenvalue weighted by molar-refractivity contribution is 1.13. The minimum absolute atomic E-state index is 0.507. The van der Waals surface area contributed by atoms with Gasteiger partial charge in [-0.2, -0.15) is 15.8 Å². The molecule has 0 bridgehead atoms. The van der Waals surface area contributed by atoms with Crippen LogP contribution in [0.1, 0.15) is 16.7 Å². The Morgan fingerprint density at radius 3 is 1.32 bits per heavy atom. The molecule has 0 fully saturated rings. The Labute approximate surface area is 326 Å². The molecule has 0 atom stereocenters. The first kappa shape index (κ1) is 32.1. The number of aromatic nitrogens is 3. The van der Waals surface area contributed by atoms with Crippen LogP contribution in [-0.4, -0.2) is 13.7 Å². The fourth-order valence-corrected chi connectivity index (χ4v) is 8.89. The fraction of sp³-hybridized carbons (Fsp3) is 0. The van der Waals surface area contributed by atoms with Gasteiger partial charge in [-0.25, -0.2) is 0 Å². The lowest BCUT2D eigenvalue weighted by Crippen LogP contribution is -2.01. The van der Waals surface area contributed by atoms with Crippen molar-refractivity contribution in [3.63, 3.8) is 0 Å². The molecule has 0 N–H and O–H groups in total. The lowest BCUT2D eigenvalue weighted by Gasteiger charge is -2.16. The third-order valence-corrected chi connectivity index (χ3v) is 11.2. The third kappa shape index (κ3) is 4.74. The minimum atomic E-state index is 0.507. The predicted octanol–water partition coefficient (Wildman–Crippen LogP) is 12.3. The molecule has 6 heteroatoms. The summed E-state index contributed by atoms with van der Waals surface area (Å²) in [5, 5.41) is 37.2. The largest absolute Gasteiger partial charge is 0.309 e. The van der Waals surface area contributed by atoms with Crippen molar-refractivity contribution in [1.29, 1.82) is 15.8 Å². The zero-order valence-corrected chi connectivity index (χ0v) is 30.3. The molecule has 0 aliphatic carbocycles. The van der Waals surface area contributed by atoms with Crippen LogP contribution >= 0.6 is 0 Å². The van der Waals surface area contributed by atoms with Gasteiger partial charge < -0.3 is 13.7 Å². The number of hydrogen-bond acceptors (Lipinski definition) is 3. The molecule has 57 heavy (non-hydrogen) atoms. The summed E-state index contributed by atoms with van der Waals surface area (Å²) in [4.78, 5) is 0. The van der Waals surface area contributed by atoms with Crippen molar-refractivity contribution in [1.82, 2.24) is 13.7 Å². The van der Waals surface area contributed by atoms with Crippen LogP contribution < -0.4 is 0 Å². The van der Waals surface area contributed by atoms with Crippen LogP contribution in [0.25, 0.3) is 93.6 Å². The van der Waals surface area contributed by atoms with Crippen LogP contribution in [0.15, 0.2) is 170 Å². The first-order valence-electron chi connectivity index (χ1n) is 18.7. The van der Waals surface area contributed by atoms with Gasteiger partial charge in [-0.15, -0.1) is 0 Å². The van der Waals surface area contributed by atoms with Gasteiger partial charge in [-0.3, -0.25) is 0 Å². The van der Waals surface area contributed by atoms with E-state index in [0.717, 1.165) is 93.6 Å². The molecule has 8 aromatic carbocycles. The number of rotatable bonds is 4.